The van der Waals surface area contributed by atoms with Crippen LogP contribution in [0.5, 0.6) is 5.88 Å². The highest BCUT2D eigenvalue weighted by molar-refractivity contribution is 7.33. The van der Waals surface area contributed by atoms with Gasteiger partial charge in [0.15, 0.2) is 17.4 Å². The SMILES string of the molecule is CCOc1nc(N)nc2c1ncn2[C@@H]1O[C@@H]2CO[PH](=O)O[C@H]2[C@@]1(C)O. The number of hydrogen-bond donors (Lipinski definition) is 2. The molecule has 2 aromatic rings. The quantitative estimate of drug-likeness (QED) is 0.721. The summed E-state index contributed by atoms with van der Waals surface area (Å²) in [5, 5.41) is 11.0. The zero-order valence-electron chi connectivity index (χ0n) is 13.6. The molecule has 2 aliphatic heterocycles. The standard InChI is InChI=1S/C13H18N5O6P/c1-3-21-10-7-9(16-12(14)17-10)18(5-15-7)11-13(2,19)8-6(23-11)4-22-25(20)24-8/h5-6,8,11,19,25H,3-4H2,1-2H3,(H2,14,16,17)/t6-,8-,11-,13-/m1/s1. The van der Waals surface area contributed by atoms with E-state index in [0.29, 0.717) is 17.8 Å². The smallest absolute Gasteiger partial charge is 0.319 e. The average Bonchev–Trinajstić information content (AvgIpc) is 3.07. The van der Waals surface area contributed by atoms with Crippen molar-refractivity contribution >= 4 is 25.4 Å². The van der Waals surface area contributed by atoms with Crippen molar-refractivity contribution in [2.75, 3.05) is 18.9 Å². The van der Waals surface area contributed by atoms with Crippen LogP contribution in [0.3, 0.4) is 0 Å². The largest absolute Gasteiger partial charge is 0.476 e. The highest BCUT2D eigenvalue weighted by Gasteiger charge is 2.57. The maximum absolute atomic E-state index is 11.6. The van der Waals surface area contributed by atoms with Gasteiger partial charge in [-0.15, -0.1) is 0 Å². The van der Waals surface area contributed by atoms with Crippen LogP contribution in [0.2, 0.25) is 0 Å². The molecule has 25 heavy (non-hydrogen) atoms. The average molecular weight is 371 g/mol. The zero-order chi connectivity index (χ0) is 17.8. The van der Waals surface area contributed by atoms with Gasteiger partial charge in [-0.2, -0.15) is 9.97 Å². The summed E-state index contributed by atoms with van der Waals surface area (Å²) in [4.78, 5) is 12.5. The summed E-state index contributed by atoms with van der Waals surface area (Å²) in [6, 6.07) is 0. The zero-order valence-corrected chi connectivity index (χ0v) is 14.6. The summed E-state index contributed by atoms with van der Waals surface area (Å²) in [5.74, 6) is 0.265. The molecule has 0 bridgehead atoms. The fourth-order valence-corrected chi connectivity index (χ4v) is 4.13. The molecular formula is C13H18N5O6P. The molecule has 1 unspecified atom stereocenters. The fourth-order valence-electron chi connectivity index (χ4n) is 3.16. The van der Waals surface area contributed by atoms with E-state index in [9.17, 15) is 9.67 Å². The number of rotatable bonds is 3. The van der Waals surface area contributed by atoms with Gasteiger partial charge in [0.25, 0.3) is 0 Å². The van der Waals surface area contributed by atoms with E-state index in [1.54, 1.807) is 6.92 Å². The third-order valence-corrected chi connectivity index (χ3v) is 5.10. The second kappa shape index (κ2) is 5.89. The summed E-state index contributed by atoms with van der Waals surface area (Å²) in [6.07, 6.45) is -0.777. The Balaban J connectivity index is 1.78. The van der Waals surface area contributed by atoms with Gasteiger partial charge in [0, 0.05) is 0 Å². The number of imidazole rings is 1. The molecule has 0 aliphatic carbocycles. The number of nitrogens with zero attached hydrogens (tertiary/aromatic N) is 4. The Morgan fingerprint density at radius 2 is 2.36 bits per heavy atom. The molecule has 2 aromatic heterocycles. The minimum Gasteiger partial charge on any atom is -0.476 e. The van der Waals surface area contributed by atoms with Gasteiger partial charge < -0.3 is 29.4 Å². The molecule has 0 spiro atoms. The first-order valence-electron chi connectivity index (χ1n) is 7.76. The molecule has 11 nitrogen and oxygen atoms in total. The first-order valence-corrected chi connectivity index (χ1v) is 8.98. The minimum atomic E-state index is -2.65. The van der Waals surface area contributed by atoms with Crippen LogP contribution in [0.4, 0.5) is 5.95 Å². The molecule has 4 rings (SSSR count). The van der Waals surface area contributed by atoms with Gasteiger partial charge in [-0.3, -0.25) is 9.13 Å². The molecule has 136 valence electrons. The topological polar surface area (TPSA) is 144 Å². The van der Waals surface area contributed by atoms with E-state index in [1.165, 1.54) is 10.9 Å². The van der Waals surface area contributed by atoms with E-state index >= 15 is 0 Å². The number of fused-ring (bicyclic) bond motifs is 2. The Hall–Kier alpha value is -1.78. The number of hydrogen-bond acceptors (Lipinski definition) is 10. The molecule has 2 aliphatic rings. The van der Waals surface area contributed by atoms with Gasteiger partial charge in [0.1, 0.15) is 17.8 Å². The third kappa shape index (κ3) is 2.59. The van der Waals surface area contributed by atoms with E-state index < -0.39 is 32.3 Å². The monoisotopic (exact) mass is 371 g/mol. The second-order valence-electron chi connectivity index (χ2n) is 6.00. The minimum absolute atomic E-state index is 0.0115. The van der Waals surface area contributed by atoms with Crippen molar-refractivity contribution < 1.29 is 28.2 Å². The first kappa shape index (κ1) is 16.7. The number of nitrogen functional groups attached to an aromatic ring is 1. The fraction of sp³-hybridized carbons (Fsp3) is 0.615. The Labute approximate surface area is 143 Å². The Bertz CT molecular complexity index is 842. The summed E-state index contributed by atoms with van der Waals surface area (Å²) in [5.41, 5.74) is 5.03. The molecule has 2 fully saturated rings. The van der Waals surface area contributed by atoms with Crippen molar-refractivity contribution in [2.45, 2.75) is 37.9 Å². The molecule has 2 saturated heterocycles. The lowest BCUT2D eigenvalue weighted by atomic mass is 9.96. The van der Waals surface area contributed by atoms with Crippen LogP contribution >= 0.6 is 8.25 Å². The molecule has 0 radical (unpaired) electrons. The highest BCUT2D eigenvalue weighted by atomic mass is 31.1. The lowest BCUT2D eigenvalue weighted by Crippen LogP contribution is -2.46. The van der Waals surface area contributed by atoms with Crippen LogP contribution in [0, 0.1) is 0 Å². The van der Waals surface area contributed by atoms with Crippen molar-refractivity contribution in [3.8, 4) is 5.88 Å². The Morgan fingerprint density at radius 3 is 3.12 bits per heavy atom. The summed E-state index contributed by atoms with van der Waals surface area (Å²) in [6.45, 7) is 3.82. The molecule has 0 saturated carbocycles. The maximum Gasteiger partial charge on any atom is 0.319 e. The predicted molar refractivity (Wildman–Crippen MR) is 85.3 cm³/mol. The number of aliphatic hydroxyl groups is 1. The Kier molecular flexibility index (Phi) is 3.93. The second-order valence-corrected chi connectivity index (χ2v) is 7.02. The predicted octanol–water partition coefficient (Wildman–Crippen LogP) is 0.261. The molecule has 0 amide bonds. The van der Waals surface area contributed by atoms with Crippen molar-refractivity contribution in [1.82, 2.24) is 19.5 Å². The molecule has 3 N–H and O–H groups in total. The lowest BCUT2D eigenvalue weighted by molar-refractivity contribution is -0.0884. The molecule has 5 atom stereocenters. The normalized spacial score (nSPS) is 35.0. The lowest BCUT2D eigenvalue weighted by Gasteiger charge is -2.31. The van der Waals surface area contributed by atoms with Crippen molar-refractivity contribution in [1.29, 1.82) is 0 Å². The van der Waals surface area contributed by atoms with E-state index in [4.69, 9.17) is 24.3 Å². The number of ether oxygens (including phenoxy) is 2. The molecular weight excluding hydrogens is 353 g/mol. The van der Waals surface area contributed by atoms with Crippen molar-refractivity contribution in [3.63, 3.8) is 0 Å². The van der Waals surface area contributed by atoms with E-state index in [0.717, 1.165) is 0 Å². The summed E-state index contributed by atoms with van der Waals surface area (Å²) in [7, 11) is -2.65. The summed E-state index contributed by atoms with van der Waals surface area (Å²) >= 11 is 0. The van der Waals surface area contributed by atoms with Gasteiger partial charge in [0.05, 0.1) is 19.5 Å². The summed E-state index contributed by atoms with van der Waals surface area (Å²) < 4.78 is 34.7. The van der Waals surface area contributed by atoms with Gasteiger partial charge in [-0.25, -0.2) is 4.98 Å². The van der Waals surface area contributed by atoms with E-state index in [-0.39, 0.29) is 18.4 Å². The molecule has 12 heteroatoms. The van der Waals surface area contributed by atoms with E-state index in [1.807, 2.05) is 6.92 Å². The van der Waals surface area contributed by atoms with Crippen LogP contribution in [0.15, 0.2) is 6.33 Å². The third-order valence-electron chi connectivity index (χ3n) is 4.25. The van der Waals surface area contributed by atoms with Crippen LogP contribution in [0.25, 0.3) is 11.2 Å². The number of aromatic nitrogens is 4. The van der Waals surface area contributed by atoms with Crippen LogP contribution in [-0.2, 0) is 18.3 Å². The van der Waals surface area contributed by atoms with Gasteiger partial charge in [-0.1, -0.05) is 0 Å². The van der Waals surface area contributed by atoms with Gasteiger partial charge >= 0.3 is 8.25 Å². The van der Waals surface area contributed by atoms with Gasteiger partial charge in [-0.05, 0) is 13.8 Å². The first-order chi connectivity index (χ1) is 11.9. The number of anilines is 1. The van der Waals surface area contributed by atoms with Crippen LogP contribution < -0.4 is 10.5 Å². The van der Waals surface area contributed by atoms with Crippen molar-refractivity contribution in [2.24, 2.45) is 0 Å². The van der Waals surface area contributed by atoms with Gasteiger partial charge in [0.2, 0.25) is 11.8 Å². The number of nitrogens with two attached hydrogens (primary N) is 1. The molecule has 0 aromatic carbocycles. The van der Waals surface area contributed by atoms with Crippen molar-refractivity contribution in [3.05, 3.63) is 6.33 Å². The van der Waals surface area contributed by atoms with Crippen LogP contribution in [0.1, 0.15) is 20.1 Å². The molecule has 4 heterocycles. The maximum atomic E-state index is 11.6. The Morgan fingerprint density at radius 1 is 1.56 bits per heavy atom. The highest BCUT2D eigenvalue weighted by Crippen LogP contribution is 2.48. The van der Waals surface area contributed by atoms with Crippen LogP contribution in [-0.4, -0.2) is 55.6 Å². The van der Waals surface area contributed by atoms with E-state index in [2.05, 4.69) is 15.0 Å².